The van der Waals surface area contributed by atoms with Crippen molar-refractivity contribution in [3.63, 3.8) is 0 Å². The maximum atomic E-state index is 6.13. The number of hydrogen-bond acceptors (Lipinski definition) is 1. The second kappa shape index (κ2) is 3.97. The highest BCUT2D eigenvalue weighted by molar-refractivity contribution is 5.29. The van der Waals surface area contributed by atoms with E-state index in [2.05, 4.69) is 45.0 Å². The van der Waals surface area contributed by atoms with Crippen molar-refractivity contribution < 1.29 is 0 Å². The van der Waals surface area contributed by atoms with Gasteiger partial charge in [0.15, 0.2) is 0 Å². The van der Waals surface area contributed by atoms with Crippen molar-refractivity contribution in [1.82, 2.24) is 0 Å². The fourth-order valence-corrected chi connectivity index (χ4v) is 2.98. The van der Waals surface area contributed by atoms with Gasteiger partial charge in [0.05, 0.1) is 0 Å². The smallest absolute Gasteiger partial charge is 0.0105 e. The molecular weight excluding hydrogens is 182 g/mol. The van der Waals surface area contributed by atoms with Crippen LogP contribution in [-0.4, -0.2) is 6.04 Å². The van der Waals surface area contributed by atoms with E-state index in [1.807, 2.05) is 0 Å². The Labute approximate surface area is 92.7 Å². The molecule has 2 rings (SSSR count). The molecule has 0 spiro atoms. The molecule has 1 fully saturated rings. The van der Waals surface area contributed by atoms with Crippen molar-refractivity contribution in [2.24, 2.45) is 17.6 Å². The Kier molecular flexibility index (Phi) is 2.83. The molecular formula is C14H21N. The van der Waals surface area contributed by atoms with Gasteiger partial charge in [-0.1, -0.05) is 50.1 Å². The normalized spacial score (nSPS) is 34.9. The average Bonchev–Trinajstić information content (AvgIpc) is 2.26. The second-order valence-corrected chi connectivity index (χ2v) is 4.95. The van der Waals surface area contributed by atoms with Crippen LogP contribution in [0, 0.1) is 18.8 Å². The molecule has 1 saturated carbocycles. The van der Waals surface area contributed by atoms with Crippen molar-refractivity contribution in [2.45, 2.75) is 39.2 Å². The first-order valence-corrected chi connectivity index (χ1v) is 5.97. The van der Waals surface area contributed by atoms with Gasteiger partial charge < -0.3 is 5.73 Å². The van der Waals surface area contributed by atoms with Crippen LogP contribution in [0.3, 0.4) is 0 Å². The molecule has 82 valence electrons. The Hall–Kier alpha value is -0.820. The van der Waals surface area contributed by atoms with E-state index in [0.717, 1.165) is 0 Å². The zero-order valence-electron chi connectivity index (χ0n) is 9.90. The van der Waals surface area contributed by atoms with Crippen LogP contribution in [0.4, 0.5) is 0 Å². The summed E-state index contributed by atoms with van der Waals surface area (Å²) in [7, 11) is 0. The summed E-state index contributed by atoms with van der Waals surface area (Å²) in [6.07, 6.45) is 1.20. The maximum absolute atomic E-state index is 6.13. The number of hydrogen-bond donors (Lipinski definition) is 1. The SMILES string of the molecule is CCC1C(N)C(C)C1c1ccc(C)cc1. The molecule has 4 unspecified atom stereocenters. The Morgan fingerprint density at radius 2 is 1.80 bits per heavy atom. The molecule has 0 amide bonds. The predicted molar refractivity (Wildman–Crippen MR) is 64.8 cm³/mol. The van der Waals surface area contributed by atoms with Crippen LogP contribution in [0.2, 0.25) is 0 Å². The van der Waals surface area contributed by atoms with Gasteiger partial charge in [0.1, 0.15) is 0 Å². The van der Waals surface area contributed by atoms with Crippen molar-refractivity contribution in [3.05, 3.63) is 35.4 Å². The molecule has 0 radical (unpaired) electrons. The zero-order chi connectivity index (χ0) is 11.0. The molecule has 0 aliphatic heterocycles. The number of nitrogens with two attached hydrogens (primary N) is 1. The van der Waals surface area contributed by atoms with Gasteiger partial charge in [-0.15, -0.1) is 0 Å². The van der Waals surface area contributed by atoms with Crippen molar-refractivity contribution >= 4 is 0 Å². The van der Waals surface area contributed by atoms with E-state index in [-0.39, 0.29) is 0 Å². The molecule has 1 aromatic carbocycles. The van der Waals surface area contributed by atoms with Gasteiger partial charge in [-0.2, -0.15) is 0 Å². The van der Waals surface area contributed by atoms with Crippen LogP contribution in [-0.2, 0) is 0 Å². The third kappa shape index (κ3) is 1.69. The van der Waals surface area contributed by atoms with E-state index in [4.69, 9.17) is 5.73 Å². The Bertz CT molecular complexity index is 328. The van der Waals surface area contributed by atoms with E-state index in [0.29, 0.717) is 23.8 Å². The van der Waals surface area contributed by atoms with E-state index >= 15 is 0 Å². The summed E-state index contributed by atoms with van der Waals surface area (Å²) < 4.78 is 0. The Morgan fingerprint density at radius 3 is 2.33 bits per heavy atom. The number of aryl methyl sites for hydroxylation is 1. The third-order valence-electron chi connectivity index (χ3n) is 4.06. The van der Waals surface area contributed by atoms with Crippen LogP contribution in [0.5, 0.6) is 0 Å². The fourth-order valence-electron chi connectivity index (χ4n) is 2.98. The van der Waals surface area contributed by atoms with Crippen LogP contribution < -0.4 is 5.73 Å². The standard InChI is InChI=1S/C14H21N/c1-4-12-13(10(3)14(12)15)11-7-5-9(2)6-8-11/h5-8,10,12-14H,4,15H2,1-3H3. The lowest BCUT2D eigenvalue weighted by molar-refractivity contribution is 0.109. The largest absolute Gasteiger partial charge is 0.327 e. The van der Waals surface area contributed by atoms with Crippen LogP contribution in [0.1, 0.15) is 37.3 Å². The summed E-state index contributed by atoms with van der Waals surface area (Å²) in [5, 5.41) is 0. The van der Waals surface area contributed by atoms with E-state index in [9.17, 15) is 0 Å². The summed E-state index contributed by atoms with van der Waals surface area (Å²) in [6.45, 7) is 6.66. The topological polar surface area (TPSA) is 26.0 Å². The number of benzene rings is 1. The van der Waals surface area contributed by atoms with Gasteiger partial charge in [-0.25, -0.2) is 0 Å². The van der Waals surface area contributed by atoms with Gasteiger partial charge in [-0.3, -0.25) is 0 Å². The molecule has 0 saturated heterocycles. The fraction of sp³-hybridized carbons (Fsp3) is 0.571. The molecule has 0 heterocycles. The second-order valence-electron chi connectivity index (χ2n) is 4.95. The molecule has 1 aliphatic carbocycles. The highest BCUT2D eigenvalue weighted by Gasteiger charge is 2.44. The quantitative estimate of drug-likeness (QED) is 0.785. The van der Waals surface area contributed by atoms with E-state index in [1.54, 1.807) is 0 Å². The summed E-state index contributed by atoms with van der Waals surface area (Å²) in [5.41, 5.74) is 8.94. The number of rotatable bonds is 2. The minimum Gasteiger partial charge on any atom is -0.327 e. The van der Waals surface area contributed by atoms with Crippen molar-refractivity contribution in [1.29, 1.82) is 0 Å². The van der Waals surface area contributed by atoms with Crippen molar-refractivity contribution in [2.75, 3.05) is 0 Å². The predicted octanol–water partition coefficient (Wildman–Crippen LogP) is 3.08. The average molecular weight is 203 g/mol. The Balaban J connectivity index is 2.20. The first-order valence-electron chi connectivity index (χ1n) is 5.97. The lowest BCUT2D eigenvalue weighted by Crippen LogP contribution is -2.53. The van der Waals surface area contributed by atoms with E-state index < -0.39 is 0 Å². The minimum absolute atomic E-state index is 0.404. The summed E-state index contributed by atoms with van der Waals surface area (Å²) >= 11 is 0. The first kappa shape index (κ1) is 10.7. The van der Waals surface area contributed by atoms with Crippen LogP contribution in [0.15, 0.2) is 24.3 Å². The van der Waals surface area contributed by atoms with Crippen LogP contribution in [0.25, 0.3) is 0 Å². The molecule has 1 heteroatoms. The molecule has 0 bridgehead atoms. The molecule has 4 atom stereocenters. The maximum Gasteiger partial charge on any atom is 0.0105 e. The van der Waals surface area contributed by atoms with Gasteiger partial charge in [0.2, 0.25) is 0 Å². The third-order valence-corrected chi connectivity index (χ3v) is 4.06. The van der Waals surface area contributed by atoms with Gasteiger partial charge >= 0.3 is 0 Å². The van der Waals surface area contributed by atoms with Gasteiger partial charge in [0, 0.05) is 6.04 Å². The summed E-state index contributed by atoms with van der Waals surface area (Å²) in [4.78, 5) is 0. The molecule has 0 aromatic heterocycles. The highest BCUT2D eigenvalue weighted by Crippen LogP contribution is 2.48. The summed E-state index contributed by atoms with van der Waals surface area (Å²) in [6, 6.07) is 9.36. The van der Waals surface area contributed by atoms with Crippen LogP contribution >= 0.6 is 0 Å². The molecule has 1 aromatic rings. The van der Waals surface area contributed by atoms with Gasteiger partial charge in [0.25, 0.3) is 0 Å². The lowest BCUT2D eigenvalue weighted by Gasteiger charge is -2.49. The molecule has 2 N–H and O–H groups in total. The Morgan fingerprint density at radius 1 is 1.20 bits per heavy atom. The first-order chi connectivity index (χ1) is 7.15. The summed E-state index contributed by atoms with van der Waals surface area (Å²) in [5.74, 6) is 2.01. The minimum atomic E-state index is 0.404. The highest BCUT2D eigenvalue weighted by atomic mass is 14.7. The monoisotopic (exact) mass is 203 g/mol. The van der Waals surface area contributed by atoms with Crippen molar-refractivity contribution in [3.8, 4) is 0 Å². The molecule has 15 heavy (non-hydrogen) atoms. The van der Waals surface area contributed by atoms with Gasteiger partial charge in [-0.05, 0) is 30.2 Å². The zero-order valence-corrected chi connectivity index (χ0v) is 9.90. The van der Waals surface area contributed by atoms with E-state index in [1.165, 1.54) is 17.5 Å². The molecule has 1 aliphatic rings. The lowest BCUT2D eigenvalue weighted by atomic mass is 9.58. The molecule has 1 nitrogen and oxygen atoms in total.